The lowest BCUT2D eigenvalue weighted by Gasteiger charge is -2.37. The smallest absolute Gasteiger partial charge is 0.194 e. The molecule has 0 aromatic carbocycles. The molecule has 2 aromatic rings. The first-order chi connectivity index (χ1) is 10.8. The van der Waals surface area contributed by atoms with Crippen molar-refractivity contribution < 1.29 is 0 Å². The number of hydrogen-bond donors (Lipinski definition) is 1. The lowest BCUT2D eigenvalue weighted by molar-refractivity contribution is 0.373. The molecule has 0 unspecified atom stereocenters. The number of halogens is 1. The van der Waals surface area contributed by atoms with Crippen LogP contribution in [0.25, 0.3) is 0 Å². The number of anilines is 1. The van der Waals surface area contributed by atoms with Crippen molar-refractivity contribution in [2.45, 2.75) is 6.54 Å². The number of guanidine groups is 1. The molecule has 3 rings (SSSR count). The summed E-state index contributed by atoms with van der Waals surface area (Å²) in [5, 5.41) is 6.97. The van der Waals surface area contributed by atoms with Crippen LogP contribution in [0.5, 0.6) is 0 Å². The summed E-state index contributed by atoms with van der Waals surface area (Å²) in [6.07, 6.45) is 4.20. The largest absolute Gasteiger partial charge is 0.360 e. The van der Waals surface area contributed by atoms with Gasteiger partial charge in [-0.2, -0.15) is 0 Å². The highest BCUT2D eigenvalue weighted by Crippen LogP contribution is 2.22. The molecule has 2 aromatic heterocycles. The minimum absolute atomic E-state index is 0. The molecule has 1 aliphatic heterocycles. The van der Waals surface area contributed by atoms with E-state index in [9.17, 15) is 0 Å². The first kappa shape index (κ1) is 18.1. The van der Waals surface area contributed by atoms with Gasteiger partial charge in [0.05, 0.1) is 5.00 Å². The van der Waals surface area contributed by atoms with Crippen LogP contribution in [-0.4, -0.2) is 48.7 Å². The van der Waals surface area contributed by atoms with Crippen molar-refractivity contribution in [3.8, 4) is 0 Å². The van der Waals surface area contributed by atoms with Crippen molar-refractivity contribution in [1.29, 1.82) is 0 Å². The van der Waals surface area contributed by atoms with Crippen molar-refractivity contribution in [2.24, 2.45) is 12.0 Å². The molecule has 23 heavy (non-hydrogen) atoms. The van der Waals surface area contributed by atoms with Gasteiger partial charge < -0.3 is 19.7 Å². The van der Waals surface area contributed by atoms with Crippen LogP contribution in [0.3, 0.4) is 0 Å². The molecule has 1 aliphatic rings. The predicted molar refractivity (Wildman–Crippen MR) is 109 cm³/mol. The number of hydrogen-bond acceptors (Lipinski definition) is 3. The van der Waals surface area contributed by atoms with E-state index < -0.39 is 0 Å². The van der Waals surface area contributed by atoms with Crippen molar-refractivity contribution in [2.75, 3.05) is 38.1 Å². The Labute approximate surface area is 159 Å². The molecule has 1 N–H and O–H groups in total. The first-order valence-electron chi connectivity index (χ1n) is 7.61. The highest BCUT2D eigenvalue weighted by Gasteiger charge is 2.20. The van der Waals surface area contributed by atoms with Crippen molar-refractivity contribution in [3.63, 3.8) is 0 Å². The van der Waals surface area contributed by atoms with Crippen LogP contribution in [0.2, 0.25) is 0 Å². The third-order valence-electron chi connectivity index (χ3n) is 3.95. The molecule has 0 radical (unpaired) electrons. The van der Waals surface area contributed by atoms with E-state index in [1.807, 2.05) is 25.4 Å². The van der Waals surface area contributed by atoms with Crippen molar-refractivity contribution >= 4 is 46.3 Å². The van der Waals surface area contributed by atoms with Gasteiger partial charge in [-0.3, -0.25) is 4.99 Å². The van der Waals surface area contributed by atoms with E-state index in [0.717, 1.165) is 38.7 Å². The molecule has 0 saturated carbocycles. The number of nitrogens with zero attached hydrogens (tertiary/aromatic N) is 4. The zero-order valence-electron chi connectivity index (χ0n) is 13.6. The molecule has 1 fully saturated rings. The summed E-state index contributed by atoms with van der Waals surface area (Å²) in [6, 6.07) is 6.45. The number of rotatable bonds is 3. The van der Waals surface area contributed by atoms with Gasteiger partial charge in [0.15, 0.2) is 5.96 Å². The fourth-order valence-corrected chi connectivity index (χ4v) is 3.55. The van der Waals surface area contributed by atoms with Crippen LogP contribution >= 0.6 is 35.3 Å². The van der Waals surface area contributed by atoms with Gasteiger partial charge in [0.25, 0.3) is 0 Å². The van der Waals surface area contributed by atoms with Gasteiger partial charge in [-0.1, -0.05) is 0 Å². The normalized spacial score (nSPS) is 15.5. The van der Waals surface area contributed by atoms with Gasteiger partial charge in [0, 0.05) is 59.2 Å². The molecule has 5 nitrogen and oxygen atoms in total. The average molecular weight is 445 g/mol. The Morgan fingerprint density at radius 2 is 2.04 bits per heavy atom. The third-order valence-corrected chi connectivity index (χ3v) is 4.88. The van der Waals surface area contributed by atoms with Crippen LogP contribution in [0.15, 0.2) is 41.0 Å². The van der Waals surface area contributed by atoms with Crippen LogP contribution in [0, 0.1) is 0 Å². The summed E-state index contributed by atoms with van der Waals surface area (Å²) >= 11 is 1.81. The van der Waals surface area contributed by atoms with Gasteiger partial charge in [-0.05, 0) is 29.1 Å². The molecule has 126 valence electrons. The van der Waals surface area contributed by atoms with E-state index in [1.54, 1.807) is 0 Å². The summed E-state index contributed by atoms with van der Waals surface area (Å²) in [5.41, 5.74) is 1.28. The minimum atomic E-state index is 0. The molecule has 0 bridgehead atoms. The molecule has 0 spiro atoms. The first-order valence-corrected chi connectivity index (χ1v) is 8.49. The highest BCUT2D eigenvalue weighted by molar-refractivity contribution is 14.0. The standard InChI is InChI=1S/C16H23N5S.HI/c1-17-16(18-12-14-5-6-19(2)13-14)21-9-7-20(8-10-21)15-4-3-11-22-15;/h3-6,11,13H,7-10,12H2,1-2H3,(H,17,18);1H. The zero-order chi connectivity index (χ0) is 15.4. The van der Waals surface area contributed by atoms with Crippen LogP contribution in [-0.2, 0) is 13.6 Å². The maximum absolute atomic E-state index is 4.43. The monoisotopic (exact) mass is 445 g/mol. The summed E-state index contributed by atoms with van der Waals surface area (Å²) in [6.45, 7) is 4.93. The number of aliphatic imine (C=N–C) groups is 1. The number of nitrogens with one attached hydrogen (secondary N) is 1. The Balaban J connectivity index is 0.00000192. The van der Waals surface area contributed by atoms with Crippen LogP contribution < -0.4 is 10.2 Å². The second-order valence-corrected chi connectivity index (χ2v) is 6.44. The van der Waals surface area contributed by atoms with E-state index in [1.165, 1.54) is 10.6 Å². The molecule has 0 amide bonds. The second kappa shape index (κ2) is 8.58. The van der Waals surface area contributed by atoms with Crippen LogP contribution in [0.1, 0.15) is 5.56 Å². The maximum atomic E-state index is 4.43. The Morgan fingerprint density at radius 1 is 1.26 bits per heavy atom. The fourth-order valence-electron chi connectivity index (χ4n) is 2.77. The summed E-state index contributed by atoms with van der Waals surface area (Å²) < 4.78 is 2.07. The van der Waals surface area contributed by atoms with Gasteiger partial charge in [0.2, 0.25) is 0 Å². The minimum Gasteiger partial charge on any atom is -0.360 e. The maximum Gasteiger partial charge on any atom is 0.194 e. The van der Waals surface area contributed by atoms with E-state index in [4.69, 9.17) is 0 Å². The fraction of sp³-hybridized carbons (Fsp3) is 0.438. The highest BCUT2D eigenvalue weighted by atomic mass is 127. The van der Waals surface area contributed by atoms with Crippen molar-refractivity contribution in [1.82, 2.24) is 14.8 Å². The zero-order valence-corrected chi connectivity index (χ0v) is 16.8. The molecule has 0 atom stereocenters. The number of aromatic nitrogens is 1. The third kappa shape index (κ3) is 4.63. The second-order valence-electron chi connectivity index (χ2n) is 5.51. The quantitative estimate of drug-likeness (QED) is 0.448. The predicted octanol–water partition coefficient (Wildman–Crippen LogP) is 2.60. The van der Waals surface area contributed by atoms with Crippen molar-refractivity contribution in [3.05, 3.63) is 41.5 Å². The Kier molecular flexibility index (Phi) is 6.76. The lowest BCUT2D eigenvalue weighted by atomic mass is 10.3. The van der Waals surface area contributed by atoms with Gasteiger partial charge in [0.1, 0.15) is 0 Å². The van der Waals surface area contributed by atoms with E-state index in [0.29, 0.717) is 0 Å². The summed E-state index contributed by atoms with van der Waals surface area (Å²) in [5.74, 6) is 0.995. The topological polar surface area (TPSA) is 35.8 Å². The van der Waals surface area contributed by atoms with E-state index >= 15 is 0 Å². The van der Waals surface area contributed by atoms with E-state index in [2.05, 4.69) is 60.6 Å². The summed E-state index contributed by atoms with van der Waals surface area (Å²) in [7, 11) is 3.90. The SMILES string of the molecule is CN=C(NCc1ccn(C)c1)N1CCN(c2cccs2)CC1.I. The van der Waals surface area contributed by atoms with E-state index in [-0.39, 0.29) is 24.0 Å². The Bertz CT molecular complexity index is 614. The average Bonchev–Trinajstić information content (AvgIpc) is 3.20. The number of thiophene rings is 1. The summed E-state index contributed by atoms with van der Waals surface area (Å²) in [4.78, 5) is 9.22. The van der Waals surface area contributed by atoms with Gasteiger partial charge in [-0.25, -0.2) is 0 Å². The molecule has 7 heteroatoms. The lowest BCUT2D eigenvalue weighted by Crippen LogP contribution is -2.52. The molecular formula is C16H24IN5S. The molecular weight excluding hydrogens is 421 g/mol. The number of piperazine rings is 1. The molecule has 1 saturated heterocycles. The Hall–Kier alpha value is -1.22. The Morgan fingerprint density at radius 3 is 2.61 bits per heavy atom. The molecule has 3 heterocycles. The van der Waals surface area contributed by atoms with Gasteiger partial charge in [-0.15, -0.1) is 35.3 Å². The van der Waals surface area contributed by atoms with Crippen LogP contribution in [0.4, 0.5) is 5.00 Å². The molecule has 0 aliphatic carbocycles. The van der Waals surface area contributed by atoms with Gasteiger partial charge >= 0.3 is 0 Å². The number of aryl methyl sites for hydroxylation is 1.